The van der Waals surface area contributed by atoms with E-state index in [-0.39, 0.29) is 6.54 Å². The highest BCUT2D eigenvalue weighted by molar-refractivity contribution is 5.86. The second-order valence-electron chi connectivity index (χ2n) is 4.69. The molecule has 2 N–H and O–H groups in total. The predicted octanol–water partition coefficient (Wildman–Crippen LogP) is 0.608. The lowest BCUT2D eigenvalue weighted by Gasteiger charge is -2.41. The second kappa shape index (κ2) is 5.25. The van der Waals surface area contributed by atoms with Crippen LogP contribution in [0.2, 0.25) is 0 Å². The SMILES string of the molecule is CC1(C(=O)O)CCCCN1C(=O)NCc1ncon1. The smallest absolute Gasteiger partial charge is 0.329 e. The van der Waals surface area contributed by atoms with E-state index in [2.05, 4.69) is 20.0 Å². The maximum absolute atomic E-state index is 12.1. The molecule has 1 aliphatic heterocycles. The molecule has 0 radical (unpaired) electrons. The first-order valence-corrected chi connectivity index (χ1v) is 6.08. The molecule has 2 heterocycles. The Morgan fingerprint density at radius 3 is 3.00 bits per heavy atom. The molecule has 1 atom stereocenters. The molecule has 104 valence electrons. The minimum atomic E-state index is -1.15. The number of carbonyl (C=O) groups excluding carboxylic acids is 1. The number of aliphatic carboxylic acids is 1. The third-order valence-electron chi connectivity index (χ3n) is 3.40. The Labute approximate surface area is 109 Å². The fraction of sp³-hybridized carbons (Fsp3) is 0.636. The lowest BCUT2D eigenvalue weighted by molar-refractivity contribution is -0.150. The van der Waals surface area contributed by atoms with Gasteiger partial charge >= 0.3 is 12.0 Å². The molecule has 0 saturated carbocycles. The van der Waals surface area contributed by atoms with Gasteiger partial charge in [0, 0.05) is 6.54 Å². The first-order chi connectivity index (χ1) is 9.04. The Morgan fingerprint density at radius 2 is 2.37 bits per heavy atom. The quantitative estimate of drug-likeness (QED) is 0.831. The molecule has 1 aromatic rings. The third-order valence-corrected chi connectivity index (χ3v) is 3.40. The molecule has 1 unspecified atom stereocenters. The van der Waals surface area contributed by atoms with E-state index in [1.54, 1.807) is 6.92 Å². The second-order valence-corrected chi connectivity index (χ2v) is 4.69. The van der Waals surface area contributed by atoms with Crippen LogP contribution in [-0.2, 0) is 11.3 Å². The molecule has 2 amide bonds. The number of carboxylic acid groups (broad SMARTS) is 1. The summed E-state index contributed by atoms with van der Waals surface area (Å²) in [4.78, 5) is 28.6. The summed E-state index contributed by atoms with van der Waals surface area (Å²) in [6.45, 7) is 2.12. The summed E-state index contributed by atoms with van der Waals surface area (Å²) >= 11 is 0. The number of nitrogens with one attached hydrogen (secondary N) is 1. The van der Waals surface area contributed by atoms with Gasteiger partial charge in [-0.3, -0.25) is 0 Å². The summed E-state index contributed by atoms with van der Waals surface area (Å²) in [5.74, 6) is -0.635. The van der Waals surface area contributed by atoms with E-state index in [1.807, 2.05) is 0 Å². The van der Waals surface area contributed by atoms with Crippen LogP contribution in [0, 0.1) is 0 Å². The number of rotatable bonds is 3. The van der Waals surface area contributed by atoms with E-state index in [0.29, 0.717) is 18.8 Å². The third kappa shape index (κ3) is 2.67. The molecule has 1 aromatic heterocycles. The fourth-order valence-electron chi connectivity index (χ4n) is 2.19. The topological polar surface area (TPSA) is 109 Å². The van der Waals surface area contributed by atoms with Gasteiger partial charge in [0.05, 0.1) is 6.54 Å². The van der Waals surface area contributed by atoms with E-state index < -0.39 is 17.5 Å². The zero-order chi connectivity index (χ0) is 13.9. The first-order valence-electron chi connectivity index (χ1n) is 6.08. The van der Waals surface area contributed by atoms with Crippen molar-refractivity contribution < 1.29 is 19.2 Å². The van der Waals surface area contributed by atoms with Crippen LogP contribution in [0.4, 0.5) is 4.79 Å². The van der Waals surface area contributed by atoms with Crippen LogP contribution in [-0.4, -0.2) is 44.2 Å². The summed E-state index contributed by atoms with van der Waals surface area (Å²) in [6, 6.07) is -0.422. The zero-order valence-electron chi connectivity index (χ0n) is 10.6. The predicted molar refractivity (Wildman–Crippen MR) is 63.1 cm³/mol. The van der Waals surface area contributed by atoms with Crippen molar-refractivity contribution in [2.45, 2.75) is 38.3 Å². The summed E-state index contributed by atoms with van der Waals surface area (Å²) in [5, 5.41) is 15.5. The maximum Gasteiger partial charge on any atom is 0.329 e. The summed E-state index contributed by atoms with van der Waals surface area (Å²) in [6.07, 6.45) is 3.23. The number of nitrogens with zero attached hydrogens (tertiary/aromatic N) is 3. The number of hydrogen-bond donors (Lipinski definition) is 2. The number of aromatic nitrogens is 2. The van der Waals surface area contributed by atoms with Gasteiger partial charge < -0.3 is 19.8 Å². The Hall–Kier alpha value is -2.12. The van der Waals surface area contributed by atoms with E-state index in [1.165, 1.54) is 11.3 Å². The average Bonchev–Trinajstić information content (AvgIpc) is 2.89. The van der Waals surface area contributed by atoms with Crippen LogP contribution in [0.5, 0.6) is 0 Å². The number of hydrogen-bond acceptors (Lipinski definition) is 5. The Morgan fingerprint density at radius 1 is 1.58 bits per heavy atom. The van der Waals surface area contributed by atoms with Crippen LogP contribution in [0.1, 0.15) is 32.0 Å². The summed E-state index contributed by atoms with van der Waals surface area (Å²) < 4.78 is 4.55. The van der Waals surface area contributed by atoms with Crippen LogP contribution in [0.25, 0.3) is 0 Å². The fourth-order valence-corrected chi connectivity index (χ4v) is 2.19. The van der Waals surface area contributed by atoms with Gasteiger partial charge in [-0.25, -0.2) is 9.59 Å². The van der Waals surface area contributed by atoms with Crippen molar-refractivity contribution in [1.29, 1.82) is 0 Å². The van der Waals surface area contributed by atoms with E-state index in [0.717, 1.165) is 12.8 Å². The number of piperidine rings is 1. The van der Waals surface area contributed by atoms with E-state index in [4.69, 9.17) is 0 Å². The minimum Gasteiger partial charge on any atom is -0.480 e. The number of amides is 2. The van der Waals surface area contributed by atoms with Gasteiger partial charge in [-0.15, -0.1) is 0 Å². The molecule has 8 nitrogen and oxygen atoms in total. The van der Waals surface area contributed by atoms with Gasteiger partial charge in [0.1, 0.15) is 5.54 Å². The molecule has 0 aromatic carbocycles. The molecule has 2 rings (SSSR count). The molecule has 8 heteroatoms. The van der Waals surface area contributed by atoms with Crippen molar-refractivity contribution in [1.82, 2.24) is 20.4 Å². The zero-order valence-corrected chi connectivity index (χ0v) is 10.6. The summed E-state index contributed by atoms with van der Waals surface area (Å²) in [5.41, 5.74) is -1.15. The largest absolute Gasteiger partial charge is 0.480 e. The lowest BCUT2D eigenvalue weighted by Crippen LogP contribution is -2.59. The van der Waals surface area contributed by atoms with E-state index >= 15 is 0 Å². The molecule has 1 saturated heterocycles. The normalized spacial score (nSPS) is 23.1. The van der Waals surface area contributed by atoms with Gasteiger partial charge in [-0.1, -0.05) is 5.16 Å². The van der Waals surface area contributed by atoms with Crippen LogP contribution in [0.15, 0.2) is 10.9 Å². The van der Waals surface area contributed by atoms with Crippen molar-refractivity contribution in [3.63, 3.8) is 0 Å². The van der Waals surface area contributed by atoms with Gasteiger partial charge in [0.25, 0.3) is 0 Å². The highest BCUT2D eigenvalue weighted by Crippen LogP contribution is 2.28. The molecule has 0 aliphatic carbocycles. The Kier molecular flexibility index (Phi) is 3.68. The molecule has 0 spiro atoms. The van der Waals surface area contributed by atoms with E-state index in [9.17, 15) is 14.7 Å². The summed E-state index contributed by atoms with van der Waals surface area (Å²) in [7, 11) is 0. The van der Waals surface area contributed by atoms with Gasteiger partial charge in [0.15, 0.2) is 5.82 Å². The number of carboxylic acids is 1. The molecule has 0 bridgehead atoms. The monoisotopic (exact) mass is 268 g/mol. The average molecular weight is 268 g/mol. The molecule has 1 aliphatic rings. The number of carbonyl (C=O) groups is 2. The number of likely N-dealkylation sites (tertiary alicyclic amines) is 1. The standard InChI is InChI=1S/C11H16N4O4/c1-11(9(16)17)4-2-3-5-15(11)10(18)12-6-8-13-7-19-14-8/h7H,2-6H2,1H3,(H,12,18)(H,16,17). The molecular weight excluding hydrogens is 252 g/mol. The highest BCUT2D eigenvalue weighted by atomic mass is 16.5. The van der Waals surface area contributed by atoms with Gasteiger partial charge in [0.2, 0.25) is 6.39 Å². The van der Waals surface area contributed by atoms with Crippen LogP contribution >= 0.6 is 0 Å². The minimum absolute atomic E-state index is 0.113. The molecular formula is C11H16N4O4. The van der Waals surface area contributed by atoms with Gasteiger partial charge in [-0.2, -0.15) is 4.98 Å². The lowest BCUT2D eigenvalue weighted by atomic mass is 9.89. The molecule has 1 fully saturated rings. The van der Waals surface area contributed by atoms with Gasteiger partial charge in [-0.05, 0) is 26.2 Å². The first kappa shape index (κ1) is 13.3. The van der Waals surface area contributed by atoms with Crippen molar-refractivity contribution in [3.05, 3.63) is 12.2 Å². The molecule has 19 heavy (non-hydrogen) atoms. The Balaban J connectivity index is 2.01. The van der Waals surface area contributed by atoms with Crippen molar-refractivity contribution in [2.75, 3.05) is 6.54 Å². The van der Waals surface area contributed by atoms with Crippen LogP contribution in [0.3, 0.4) is 0 Å². The van der Waals surface area contributed by atoms with Crippen molar-refractivity contribution >= 4 is 12.0 Å². The van der Waals surface area contributed by atoms with Crippen molar-refractivity contribution in [3.8, 4) is 0 Å². The number of urea groups is 1. The maximum atomic E-state index is 12.1. The highest BCUT2D eigenvalue weighted by Gasteiger charge is 2.43. The van der Waals surface area contributed by atoms with Crippen molar-refractivity contribution in [2.24, 2.45) is 0 Å². The Bertz CT molecular complexity index is 461. The van der Waals surface area contributed by atoms with Crippen LogP contribution < -0.4 is 5.32 Å².